The molecule has 0 fully saturated rings. The molecule has 0 saturated carbocycles. The van der Waals surface area contributed by atoms with Gasteiger partial charge in [0.1, 0.15) is 11.5 Å². The maximum Gasteiger partial charge on any atom is 0.175 e. The summed E-state index contributed by atoms with van der Waals surface area (Å²) >= 11 is 0. The Hall–Kier alpha value is -2.41. The van der Waals surface area contributed by atoms with Crippen LogP contribution in [0.3, 0.4) is 0 Å². The number of nitrogen functional groups attached to an aromatic ring is 1. The number of benzene rings is 1. The summed E-state index contributed by atoms with van der Waals surface area (Å²) in [6.07, 6.45) is 1.18. The van der Waals surface area contributed by atoms with Crippen molar-refractivity contribution in [3.05, 3.63) is 36.4 Å². The van der Waals surface area contributed by atoms with Gasteiger partial charge in [-0.25, -0.2) is 18.4 Å². The van der Waals surface area contributed by atoms with Crippen LogP contribution in [0.2, 0.25) is 0 Å². The van der Waals surface area contributed by atoms with E-state index in [9.17, 15) is 8.42 Å². The Bertz CT molecular complexity index is 945. The molecule has 2 N–H and O–H groups in total. The highest BCUT2D eigenvalue weighted by atomic mass is 32.2. The Morgan fingerprint density at radius 3 is 2.57 bits per heavy atom. The predicted molar refractivity (Wildman–Crippen MR) is 81.5 cm³/mol. The second kappa shape index (κ2) is 4.56. The molecule has 3 aromatic rings. The van der Waals surface area contributed by atoms with Gasteiger partial charge in [-0.1, -0.05) is 6.07 Å². The van der Waals surface area contributed by atoms with Gasteiger partial charge in [-0.05, 0) is 30.3 Å². The molecule has 1 aromatic carbocycles. The lowest BCUT2D eigenvalue weighted by Gasteiger charge is -2.02. The van der Waals surface area contributed by atoms with E-state index >= 15 is 0 Å². The SMILES string of the molecule is Cn1c(-c2cccc(N)n2)nc2cc(S(C)(=O)=O)ccc21. The summed E-state index contributed by atoms with van der Waals surface area (Å²) in [6.45, 7) is 0. The van der Waals surface area contributed by atoms with Crippen LogP contribution in [0.25, 0.3) is 22.6 Å². The fourth-order valence-electron chi connectivity index (χ4n) is 2.22. The molecule has 0 aliphatic rings. The molecule has 0 aliphatic carbocycles. The molecular formula is C14H14N4O2S. The first kappa shape index (κ1) is 13.6. The van der Waals surface area contributed by atoms with Crippen molar-refractivity contribution >= 4 is 26.7 Å². The minimum atomic E-state index is -3.25. The Labute approximate surface area is 122 Å². The molecule has 0 aliphatic heterocycles. The Balaban J connectivity index is 2.24. The first-order valence-electron chi connectivity index (χ1n) is 6.26. The van der Waals surface area contributed by atoms with Gasteiger partial charge in [0.05, 0.1) is 15.9 Å². The topological polar surface area (TPSA) is 90.9 Å². The third kappa shape index (κ3) is 2.36. The second-order valence-corrected chi connectivity index (χ2v) is 6.88. The zero-order chi connectivity index (χ0) is 15.2. The van der Waals surface area contributed by atoms with Crippen LogP contribution in [0, 0.1) is 0 Å². The van der Waals surface area contributed by atoms with Gasteiger partial charge in [-0.15, -0.1) is 0 Å². The van der Waals surface area contributed by atoms with Gasteiger partial charge < -0.3 is 10.3 Å². The van der Waals surface area contributed by atoms with Gasteiger partial charge in [-0.3, -0.25) is 0 Å². The van der Waals surface area contributed by atoms with E-state index in [4.69, 9.17) is 5.73 Å². The number of anilines is 1. The molecule has 0 atom stereocenters. The summed E-state index contributed by atoms with van der Waals surface area (Å²) in [5, 5.41) is 0. The summed E-state index contributed by atoms with van der Waals surface area (Å²) in [5.41, 5.74) is 7.79. The summed E-state index contributed by atoms with van der Waals surface area (Å²) in [7, 11) is -1.40. The lowest BCUT2D eigenvalue weighted by Crippen LogP contribution is -1.97. The third-order valence-corrected chi connectivity index (χ3v) is 4.39. The van der Waals surface area contributed by atoms with Crippen LogP contribution in [0.4, 0.5) is 5.82 Å². The zero-order valence-electron chi connectivity index (χ0n) is 11.6. The Morgan fingerprint density at radius 2 is 1.90 bits per heavy atom. The summed E-state index contributed by atoms with van der Waals surface area (Å²) < 4.78 is 25.1. The monoisotopic (exact) mass is 302 g/mol. The van der Waals surface area contributed by atoms with Crippen LogP contribution < -0.4 is 5.73 Å². The van der Waals surface area contributed by atoms with E-state index in [1.807, 2.05) is 17.7 Å². The number of nitrogens with two attached hydrogens (primary N) is 1. The number of imidazole rings is 1. The summed E-state index contributed by atoms with van der Waals surface area (Å²) in [6, 6.07) is 10.2. The molecule has 108 valence electrons. The van der Waals surface area contributed by atoms with Gasteiger partial charge in [-0.2, -0.15) is 0 Å². The number of hydrogen-bond acceptors (Lipinski definition) is 5. The van der Waals surface area contributed by atoms with Crippen LogP contribution >= 0.6 is 0 Å². The Morgan fingerprint density at radius 1 is 1.14 bits per heavy atom. The van der Waals surface area contributed by atoms with E-state index < -0.39 is 9.84 Å². The van der Waals surface area contributed by atoms with Crippen LogP contribution in [0.5, 0.6) is 0 Å². The molecule has 0 amide bonds. The number of aromatic nitrogens is 3. The number of pyridine rings is 1. The van der Waals surface area contributed by atoms with Gasteiger partial charge in [0.25, 0.3) is 0 Å². The molecule has 21 heavy (non-hydrogen) atoms. The quantitative estimate of drug-likeness (QED) is 0.776. The highest BCUT2D eigenvalue weighted by molar-refractivity contribution is 7.90. The minimum Gasteiger partial charge on any atom is -0.384 e. The molecule has 0 bridgehead atoms. The maximum atomic E-state index is 11.6. The highest BCUT2D eigenvalue weighted by Gasteiger charge is 2.14. The summed E-state index contributed by atoms with van der Waals surface area (Å²) in [4.78, 5) is 8.98. The van der Waals surface area contributed by atoms with E-state index in [0.29, 0.717) is 22.9 Å². The average Bonchev–Trinajstić information content (AvgIpc) is 2.75. The molecule has 0 spiro atoms. The second-order valence-electron chi connectivity index (χ2n) is 4.86. The smallest absolute Gasteiger partial charge is 0.175 e. The van der Waals surface area contributed by atoms with E-state index in [0.717, 1.165) is 5.52 Å². The average molecular weight is 302 g/mol. The van der Waals surface area contributed by atoms with Crippen molar-refractivity contribution < 1.29 is 8.42 Å². The largest absolute Gasteiger partial charge is 0.384 e. The zero-order valence-corrected chi connectivity index (χ0v) is 12.4. The molecule has 0 saturated heterocycles. The van der Waals surface area contributed by atoms with Crippen molar-refractivity contribution in [3.8, 4) is 11.5 Å². The number of aryl methyl sites for hydroxylation is 1. The van der Waals surface area contributed by atoms with E-state index in [2.05, 4.69) is 9.97 Å². The van der Waals surface area contributed by atoms with E-state index in [-0.39, 0.29) is 4.90 Å². The lowest BCUT2D eigenvalue weighted by molar-refractivity contribution is 0.602. The van der Waals surface area contributed by atoms with E-state index in [1.165, 1.54) is 6.26 Å². The van der Waals surface area contributed by atoms with Crippen LogP contribution in [-0.4, -0.2) is 29.2 Å². The van der Waals surface area contributed by atoms with Gasteiger partial charge in [0.15, 0.2) is 15.7 Å². The standard InChI is InChI=1S/C14H14N4O2S/c1-18-12-7-6-9(21(2,19)20)8-11(12)17-14(18)10-4-3-5-13(15)16-10/h3-8H,1-2H3,(H2,15,16). The van der Waals surface area contributed by atoms with Crippen LogP contribution in [-0.2, 0) is 16.9 Å². The number of sulfone groups is 1. The fourth-order valence-corrected chi connectivity index (χ4v) is 2.86. The minimum absolute atomic E-state index is 0.250. The van der Waals surface area contributed by atoms with Gasteiger partial charge in [0.2, 0.25) is 0 Å². The highest BCUT2D eigenvalue weighted by Crippen LogP contribution is 2.24. The first-order chi connectivity index (χ1) is 9.86. The Kier molecular flexibility index (Phi) is 2.94. The van der Waals surface area contributed by atoms with Crippen molar-refractivity contribution in [3.63, 3.8) is 0 Å². The molecule has 2 aromatic heterocycles. The van der Waals surface area contributed by atoms with Crippen molar-refractivity contribution in [2.75, 3.05) is 12.0 Å². The van der Waals surface area contributed by atoms with E-state index in [1.54, 1.807) is 30.3 Å². The third-order valence-electron chi connectivity index (χ3n) is 3.28. The molecule has 6 nitrogen and oxygen atoms in total. The van der Waals surface area contributed by atoms with Crippen LogP contribution in [0.15, 0.2) is 41.3 Å². The normalized spacial score (nSPS) is 11.9. The number of nitrogens with zero attached hydrogens (tertiary/aromatic N) is 3. The fraction of sp³-hybridized carbons (Fsp3) is 0.143. The molecule has 2 heterocycles. The molecule has 0 radical (unpaired) electrons. The van der Waals surface area contributed by atoms with Crippen molar-refractivity contribution in [2.45, 2.75) is 4.90 Å². The van der Waals surface area contributed by atoms with Gasteiger partial charge >= 0.3 is 0 Å². The number of rotatable bonds is 2. The molecule has 3 rings (SSSR count). The lowest BCUT2D eigenvalue weighted by atomic mass is 10.3. The van der Waals surface area contributed by atoms with Crippen molar-refractivity contribution in [2.24, 2.45) is 7.05 Å². The number of fused-ring (bicyclic) bond motifs is 1. The number of hydrogen-bond donors (Lipinski definition) is 1. The van der Waals surface area contributed by atoms with Crippen molar-refractivity contribution in [1.29, 1.82) is 0 Å². The molecule has 0 unspecified atom stereocenters. The summed E-state index contributed by atoms with van der Waals surface area (Å²) in [5.74, 6) is 1.05. The van der Waals surface area contributed by atoms with Gasteiger partial charge in [0, 0.05) is 13.3 Å². The van der Waals surface area contributed by atoms with Crippen LogP contribution in [0.1, 0.15) is 0 Å². The molecule has 7 heteroatoms. The van der Waals surface area contributed by atoms with Crippen molar-refractivity contribution in [1.82, 2.24) is 14.5 Å². The maximum absolute atomic E-state index is 11.6. The molecular weight excluding hydrogens is 288 g/mol. The first-order valence-corrected chi connectivity index (χ1v) is 8.15. The predicted octanol–water partition coefficient (Wildman–Crippen LogP) is 1.62.